The highest BCUT2D eigenvalue weighted by atomic mass is 35.5. The third-order valence-corrected chi connectivity index (χ3v) is 2.68. The number of hydrogen-bond acceptors (Lipinski definition) is 3. The highest BCUT2D eigenvalue weighted by Crippen LogP contribution is 2.16. The minimum atomic E-state index is -0.315. The summed E-state index contributed by atoms with van der Waals surface area (Å²) < 4.78 is 5.13. The quantitative estimate of drug-likeness (QED) is 0.836. The monoisotopic (exact) mass is 273 g/mol. The Morgan fingerprint density at radius 1 is 1.28 bits per heavy atom. The van der Waals surface area contributed by atoms with Crippen molar-refractivity contribution >= 4 is 12.4 Å². The molecule has 0 spiro atoms. The van der Waals surface area contributed by atoms with Crippen molar-refractivity contribution in [1.29, 1.82) is 0 Å². The molecule has 1 aromatic rings. The molecule has 0 heterocycles. The van der Waals surface area contributed by atoms with Crippen LogP contribution in [0.25, 0.3) is 0 Å². The van der Waals surface area contributed by atoms with E-state index in [1.54, 1.807) is 14.0 Å². The smallest absolute Gasteiger partial charge is 0.118 e. The van der Waals surface area contributed by atoms with Crippen LogP contribution in [0.1, 0.15) is 26.3 Å². The van der Waals surface area contributed by atoms with Gasteiger partial charge < -0.3 is 15.2 Å². The Kier molecular flexibility index (Phi) is 7.29. The number of rotatable bonds is 6. The highest BCUT2D eigenvalue weighted by Gasteiger charge is 2.18. The lowest BCUT2D eigenvalue weighted by Gasteiger charge is -2.27. The summed E-state index contributed by atoms with van der Waals surface area (Å²) in [6.45, 7) is 6.68. The molecule has 0 aliphatic carbocycles. The summed E-state index contributed by atoms with van der Waals surface area (Å²) in [6, 6.07) is 8.09. The van der Waals surface area contributed by atoms with Gasteiger partial charge in [0.2, 0.25) is 0 Å². The maximum absolute atomic E-state index is 9.27. The summed E-state index contributed by atoms with van der Waals surface area (Å²) in [5, 5.41) is 12.6. The van der Waals surface area contributed by atoms with Gasteiger partial charge in [-0.25, -0.2) is 0 Å². The van der Waals surface area contributed by atoms with Crippen molar-refractivity contribution in [1.82, 2.24) is 5.32 Å². The second-order valence-corrected chi connectivity index (χ2v) is 5.14. The fraction of sp³-hybridized carbons (Fsp3) is 0.571. The minimum absolute atomic E-state index is 0. The molecule has 0 saturated carbocycles. The first-order valence-electron chi connectivity index (χ1n) is 5.99. The normalized spacial score (nSPS) is 12.7. The predicted molar refractivity (Wildman–Crippen MR) is 77.7 cm³/mol. The van der Waals surface area contributed by atoms with Crippen molar-refractivity contribution in [2.45, 2.75) is 38.8 Å². The molecule has 0 radical (unpaired) electrons. The first kappa shape index (κ1) is 17.2. The van der Waals surface area contributed by atoms with E-state index in [1.165, 1.54) is 5.56 Å². The van der Waals surface area contributed by atoms with Crippen LogP contribution in [0.4, 0.5) is 0 Å². The maximum atomic E-state index is 9.27. The first-order chi connectivity index (χ1) is 7.93. The Bertz CT molecular complexity index is 336. The zero-order valence-electron chi connectivity index (χ0n) is 11.6. The second kappa shape index (κ2) is 7.62. The second-order valence-electron chi connectivity index (χ2n) is 5.14. The number of β-amino-alcohol motifs (C(OH)–C–C–N with tert-alkyl or cyclic N) is 1. The molecule has 18 heavy (non-hydrogen) atoms. The highest BCUT2D eigenvalue weighted by molar-refractivity contribution is 5.85. The van der Waals surface area contributed by atoms with Gasteiger partial charge in [0.05, 0.1) is 13.2 Å². The third kappa shape index (κ3) is 6.24. The fourth-order valence-electron chi connectivity index (χ4n) is 1.74. The van der Waals surface area contributed by atoms with E-state index < -0.39 is 0 Å². The van der Waals surface area contributed by atoms with Crippen LogP contribution in [0.2, 0.25) is 0 Å². The van der Waals surface area contributed by atoms with Crippen LogP contribution >= 0.6 is 12.4 Å². The topological polar surface area (TPSA) is 41.5 Å². The molecule has 0 amide bonds. The fourth-order valence-corrected chi connectivity index (χ4v) is 1.74. The van der Waals surface area contributed by atoms with Crippen molar-refractivity contribution in [2.24, 2.45) is 0 Å². The summed E-state index contributed by atoms with van der Waals surface area (Å²) >= 11 is 0. The molecule has 0 fully saturated rings. The van der Waals surface area contributed by atoms with Crippen LogP contribution in [0.15, 0.2) is 24.3 Å². The molecule has 0 aliphatic heterocycles. The van der Waals surface area contributed by atoms with E-state index in [1.807, 2.05) is 12.1 Å². The molecule has 0 bridgehead atoms. The first-order valence-corrected chi connectivity index (χ1v) is 5.99. The van der Waals surface area contributed by atoms with Gasteiger partial charge in [0.1, 0.15) is 5.75 Å². The summed E-state index contributed by atoms with van der Waals surface area (Å²) in [5.41, 5.74) is 1.24. The van der Waals surface area contributed by atoms with Gasteiger partial charge in [0.25, 0.3) is 0 Å². The van der Waals surface area contributed by atoms with Crippen LogP contribution in [0.3, 0.4) is 0 Å². The average molecular weight is 274 g/mol. The van der Waals surface area contributed by atoms with Gasteiger partial charge in [-0.3, -0.25) is 0 Å². The number of hydrogen-bond donors (Lipinski definition) is 2. The predicted octanol–water partition coefficient (Wildman–Crippen LogP) is 2.41. The largest absolute Gasteiger partial charge is 0.497 e. The van der Waals surface area contributed by atoms with Crippen LogP contribution in [-0.4, -0.2) is 30.4 Å². The molecule has 3 nitrogen and oxygen atoms in total. The molecule has 0 aromatic heterocycles. The Hall–Kier alpha value is -0.770. The van der Waals surface area contributed by atoms with Crippen LogP contribution in [0.5, 0.6) is 5.75 Å². The van der Waals surface area contributed by atoms with Crippen LogP contribution < -0.4 is 10.1 Å². The minimum Gasteiger partial charge on any atom is -0.497 e. The molecular weight excluding hydrogens is 250 g/mol. The third-order valence-electron chi connectivity index (χ3n) is 2.68. The molecular formula is C14H24ClNO2. The molecule has 1 atom stereocenters. The molecule has 1 aromatic carbocycles. The Balaban J connectivity index is 0.00000289. The Morgan fingerprint density at radius 2 is 1.83 bits per heavy atom. The number of ether oxygens (including phenoxy) is 1. The maximum Gasteiger partial charge on any atom is 0.118 e. The summed E-state index contributed by atoms with van der Waals surface area (Å²) in [4.78, 5) is 0. The van der Waals surface area contributed by atoms with E-state index in [2.05, 4.69) is 31.3 Å². The van der Waals surface area contributed by atoms with E-state index >= 15 is 0 Å². The lowest BCUT2D eigenvalue weighted by molar-refractivity contribution is 0.176. The lowest BCUT2D eigenvalue weighted by atomic mass is 9.94. The van der Waals surface area contributed by atoms with E-state index in [4.69, 9.17) is 4.74 Å². The SMILES string of the molecule is COc1ccc(CC(C)(C)NCC(C)O)cc1.Cl. The molecule has 1 unspecified atom stereocenters. The average Bonchev–Trinajstić information content (AvgIpc) is 2.27. The van der Waals surface area contributed by atoms with Gasteiger partial charge in [-0.1, -0.05) is 12.1 Å². The molecule has 104 valence electrons. The van der Waals surface area contributed by atoms with Crippen molar-refractivity contribution in [3.05, 3.63) is 29.8 Å². The van der Waals surface area contributed by atoms with Gasteiger partial charge in [-0.05, 0) is 44.9 Å². The number of aliphatic hydroxyl groups excluding tert-OH is 1. The van der Waals surface area contributed by atoms with Gasteiger partial charge in [0, 0.05) is 12.1 Å². The number of benzene rings is 1. The number of aliphatic hydroxyl groups is 1. The number of halogens is 1. The molecule has 0 aliphatic rings. The van der Waals surface area contributed by atoms with Crippen molar-refractivity contribution < 1.29 is 9.84 Å². The van der Waals surface area contributed by atoms with Gasteiger partial charge >= 0.3 is 0 Å². The summed E-state index contributed by atoms with van der Waals surface area (Å²) in [5.74, 6) is 0.878. The van der Waals surface area contributed by atoms with Crippen LogP contribution in [-0.2, 0) is 6.42 Å². The van der Waals surface area contributed by atoms with Gasteiger partial charge in [-0.2, -0.15) is 0 Å². The zero-order valence-corrected chi connectivity index (χ0v) is 12.4. The van der Waals surface area contributed by atoms with E-state index in [9.17, 15) is 5.11 Å². The van der Waals surface area contributed by atoms with Gasteiger partial charge in [0.15, 0.2) is 0 Å². The summed E-state index contributed by atoms with van der Waals surface area (Å²) in [7, 11) is 1.67. The van der Waals surface area contributed by atoms with Crippen molar-refractivity contribution in [2.75, 3.05) is 13.7 Å². The van der Waals surface area contributed by atoms with E-state index in [-0.39, 0.29) is 24.0 Å². The Labute approximate surface area is 116 Å². The molecule has 0 saturated heterocycles. The molecule has 2 N–H and O–H groups in total. The van der Waals surface area contributed by atoms with Gasteiger partial charge in [-0.15, -0.1) is 12.4 Å². The van der Waals surface area contributed by atoms with Crippen molar-refractivity contribution in [3.8, 4) is 5.75 Å². The Morgan fingerprint density at radius 3 is 2.28 bits per heavy atom. The molecule has 1 rings (SSSR count). The zero-order chi connectivity index (χ0) is 12.9. The number of methoxy groups -OCH3 is 1. The standard InChI is InChI=1S/C14H23NO2.ClH/c1-11(16)10-15-14(2,3)9-12-5-7-13(17-4)8-6-12;/h5-8,11,15-16H,9-10H2,1-4H3;1H. The van der Waals surface area contributed by atoms with Crippen LogP contribution in [0, 0.1) is 0 Å². The van der Waals surface area contributed by atoms with Crippen molar-refractivity contribution in [3.63, 3.8) is 0 Å². The van der Waals surface area contributed by atoms with E-state index in [0.29, 0.717) is 6.54 Å². The lowest BCUT2D eigenvalue weighted by Crippen LogP contribution is -2.44. The number of nitrogens with one attached hydrogen (secondary N) is 1. The summed E-state index contributed by atoms with van der Waals surface area (Å²) in [6.07, 6.45) is 0.606. The van der Waals surface area contributed by atoms with E-state index in [0.717, 1.165) is 12.2 Å². The molecule has 4 heteroatoms.